The Morgan fingerprint density at radius 2 is 2.00 bits per heavy atom. The maximum Gasteiger partial charge on any atom is 0.255 e. The molecular weight excluding hydrogens is 287 g/mol. The molecule has 1 saturated heterocycles. The molecule has 1 amide bonds. The minimum absolute atomic E-state index is 0.122. The molecule has 0 bridgehead atoms. The van der Waals surface area contributed by atoms with Crippen molar-refractivity contribution in [1.82, 2.24) is 4.57 Å². The smallest absolute Gasteiger partial charge is 0.255 e. The average Bonchev–Trinajstić information content (AvgIpc) is 2.51. The molecule has 1 unspecified atom stereocenters. The van der Waals surface area contributed by atoms with E-state index >= 15 is 0 Å². The Morgan fingerprint density at radius 3 is 2.73 bits per heavy atom. The summed E-state index contributed by atoms with van der Waals surface area (Å²) in [5, 5.41) is 9.61. The van der Waals surface area contributed by atoms with Crippen LogP contribution in [0.4, 0.5) is 10.1 Å². The minimum Gasteiger partial charge on any atom is -0.383 e. The lowest BCUT2D eigenvalue weighted by atomic mass is 10.1. The first-order valence-electron chi connectivity index (χ1n) is 7.05. The van der Waals surface area contributed by atoms with Crippen molar-refractivity contribution in [2.75, 3.05) is 11.4 Å². The van der Waals surface area contributed by atoms with E-state index in [1.807, 2.05) is 0 Å². The second kappa shape index (κ2) is 5.73. The van der Waals surface area contributed by atoms with Crippen molar-refractivity contribution in [2.24, 2.45) is 0 Å². The van der Waals surface area contributed by atoms with Crippen LogP contribution < -0.4 is 10.5 Å². The van der Waals surface area contributed by atoms with Crippen molar-refractivity contribution in [3.05, 3.63) is 58.8 Å². The third-order valence-corrected chi connectivity index (χ3v) is 3.73. The largest absolute Gasteiger partial charge is 0.383 e. The number of benzene rings is 1. The lowest BCUT2D eigenvalue weighted by Crippen LogP contribution is -2.44. The number of hydrogen-bond acceptors (Lipinski definition) is 3. The molecule has 0 saturated carbocycles. The number of pyridine rings is 1. The van der Waals surface area contributed by atoms with Gasteiger partial charge in [-0.05, 0) is 31.0 Å². The monoisotopic (exact) mass is 302 g/mol. The molecule has 114 valence electrons. The molecule has 6 heteroatoms. The highest BCUT2D eigenvalue weighted by molar-refractivity contribution is 5.97. The predicted molar refractivity (Wildman–Crippen MR) is 79.6 cm³/mol. The van der Waals surface area contributed by atoms with Crippen LogP contribution in [0, 0.1) is 5.82 Å². The predicted octanol–water partition coefficient (Wildman–Crippen LogP) is 1.46. The van der Waals surface area contributed by atoms with Crippen molar-refractivity contribution in [1.29, 1.82) is 0 Å². The van der Waals surface area contributed by atoms with E-state index in [1.165, 1.54) is 27.7 Å². The topological polar surface area (TPSA) is 62.5 Å². The third-order valence-electron chi connectivity index (χ3n) is 3.73. The lowest BCUT2D eigenvalue weighted by molar-refractivity contribution is -0.128. The van der Waals surface area contributed by atoms with Crippen LogP contribution in [0.25, 0.3) is 5.69 Å². The number of halogens is 1. The molecule has 22 heavy (non-hydrogen) atoms. The number of aromatic nitrogens is 1. The van der Waals surface area contributed by atoms with Gasteiger partial charge in [0, 0.05) is 24.9 Å². The van der Waals surface area contributed by atoms with Gasteiger partial charge in [-0.1, -0.05) is 6.07 Å². The summed E-state index contributed by atoms with van der Waals surface area (Å²) in [5.41, 5.74) is 0.243. The number of carbonyl (C=O) groups excluding carboxylic acids is 1. The fourth-order valence-electron chi connectivity index (χ4n) is 2.60. The van der Waals surface area contributed by atoms with Gasteiger partial charge < -0.3 is 10.0 Å². The number of amides is 1. The molecule has 0 spiro atoms. The molecule has 1 aliphatic heterocycles. The molecule has 1 N–H and O–H groups in total. The molecule has 3 rings (SSSR count). The zero-order valence-electron chi connectivity index (χ0n) is 11.8. The Kier molecular flexibility index (Phi) is 3.77. The molecule has 5 nitrogen and oxygen atoms in total. The Balaban J connectivity index is 1.98. The maximum atomic E-state index is 14.4. The Bertz CT molecular complexity index is 772. The highest BCUT2D eigenvalue weighted by Gasteiger charge is 2.29. The Labute approximate surface area is 126 Å². The van der Waals surface area contributed by atoms with Crippen molar-refractivity contribution in [2.45, 2.75) is 18.9 Å². The Morgan fingerprint density at radius 1 is 1.18 bits per heavy atom. The molecule has 2 aromatic rings. The molecule has 1 atom stereocenters. The van der Waals surface area contributed by atoms with E-state index in [-0.39, 0.29) is 11.2 Å². The second-order valence-corrected chi connectivity index (χ2v) is 5.19. The van der Waals surface area contributed by atoms with Gasteiger partial charge in [0.15, 0.2) is 0 Å². The van der Waals surface area contributed by atoms with E-state index in [4.69, 9.17) is 0 Å². The Hall–Kier alpha value is -2.47. The minimum atomic E-state index is -1.08. The van der Waals surface area contributed by atoms with E-state index in [0.29, 0.717) is 25.1 Å². The average molecular weight is 302 g/mol. The number of hydrogen-bond donors (Lipinski definition) is 1. The van der Waals surface area contributed by atoms with Crippen LogP contribution in [-0.2, 0) is 4.79 Å². The van der Waals surface area contributed by atoms with E-state index in [9.17, 15) is 19.1 Å². The highest BCUT2D eigenvalue weighted by atomic mass is 19.1. The van der Waals surface area contributed by atoms with Crippen molar-refractivity contribution in [3.8, 4) is 5.69 Å². The normalized spacial score (nSPS) is 18.5. The third kappa shape index (κ3) is 2.53. The SMILES string of the molecule is O=C1C(O)CCCN1c1ccc(-n2ccccc2=O)cc1F. The van der Waals surface area contributed by atoms with Crippen molar-refractivity contribution < 1.29 is 14.3 Å². The van der Waals surface area contributed by atoms with Crippen LogP contribution in [0.5, 0.6) is 0 Å². The molecule has 0 aliphatic carbocycles. The fraction of sp³-hybridized carbons (Fsp3) is 0.250. The summed E-state index contributed by atoms with van der Waals surface area (Å²) in [4.78, 5) is 24.9. The van der Waals surface area contributed by atoms with E-state index in [0.717, 1.165) is 0 Å². The van der Waals surface area contributed by atoms with E-state index in [2.05, 4.69) is 0 Å². The summed E-state index contributed by atoms with van der Waals surface area (Å²) in [7, 11) is 0. The van der Waals surface area contributed by atoms with Gasteiger partial charge in [0.25, 0.3) is 11.5 Å². The molecular formula is C16H15FN2O3. The van der Waals surface area contributed by atoms with Crippen molar-refractivity contribution in [3.63, 3.8) is 0 Å². The lowest BCUT2D eigenvalue weighted by Gasteiger charge is -2.30. The number of aliphatic hydroxyl groups excluding tert-OH is 1. The van der Waals surface area contributed by atoms with Gasteiger partial charge in [-0.2, -0.15) is 0 Å². The van der Waals surface area contributed by atoms with Crippen LogP contribution in [0.1, 0.15) is 12.8 Å². The van der Waals surface area contributed by atoms with Gasteiger partial charge in [-0.25, -0.2) is 4.39 Å². The first kappa shape index (κ1) is 14.5. The van der Waals surface area contributed by atoms with Crippen LogP contribution >= 0.6 is 0 Å². The fourth-order valence-corrected chi connectivity index (χ4v) is 2.60. The van der Waals surface area contributed by atoms with Gasteiger partial charge in [0.2, 0.25) is 0 Å². The molecule has 1 aromatic carbocycles. The van der Waals surface area contributed by atoms with Crippen LogP contribution in [0.15, 0.2) is 47.4 Å². The molecule has 1 aliphatic rings. The standard InChI is InChI=1S/C16H15FN2O3/c17-12-10-11(18-8-2-1-5-15(18)21)6-7-13(12)19-9-3-4-14(20)16(19)22/h1-2,5-8,10,14,20H,3-4,9H2. The van der Waals surface area contributed by atoms with Crippen LogP contribution in [0.3, 0.4) is 0 Å². The number of nitrogens with zero attached hydrogens (tertiary/aromatic N) is 2. The zero-order chi connectivity index (χ0) is 15.7. The number of carbonyl (C=O) groups is 1. The first-order valence-corrected chi connectivity index (χ1v) is 7.05. The highest BCUT2D eigenvalue weighted by Crippen LogP contribution is 2.25. The summed E-state index contributed by atoms with van der Waals surface area (Å²) in [6, 6.07) is 8.92. The number of rotatable bonds is 2. The van der Waals surface area contributed by atoms with Crippen LogP contribution in [0.2, 0.25) is 0 Å². The van der Waals surface area contributed by atoms with Gasteiger partial charge in [0.1, 0.15) is 11.9 Å². The van der Waals surface area contributed by atoms with Gasteiger partial charge in [-0.15, -0.1) is 0 Å². The first-order chi connectivity index (χ1) is 10.6. The molecule has 1 fully saturated rings. The molecule has 0 radical (unpaired) electrons. The van der Waals surface area contributed by atoms with E-state index in [1.54, 1.807) is 24.4 Å². The molecule has 1 aromatic heterocycles. The summed E-state index contributed by atoms with van der Waals surface area (Å²) >= 11 is 0. The summed E-state index contributed by atoms with van der Waals surface area (Å²) < 4.78 is 15.7. The maximum absolute atomic E-state index is 14.4. The van der Waals surface area contributed by atoms with Gasteiger partial charge in [0.05, 0.1) is 11.4 Å². The number of aliphatic hydroxyl groups is 1. The summed E-state index contributed by atoms with van der Waals surface area (Å²) in [6.45, 7) is 0.372. The van der Waals surface area contributed by atoms with Crippen molar-refractivity contribution >= 4 is 11.6 Å². The number of piperidine rings is 1. The van der Waals surface area contributed by atoms with Gasteiger partial charge >= 0.3 is 0 Å². The summed E-state index contributed by atoms with van der Waals surface area (Å²) in [6.07, 6.45) is 1.48. The zero-order valence-corrected chi connectivity index (χ0v) is 11.8. The quantitative estimate of drug-likeness (QED) is 0.913. The van der Waals surface area contributed by atoms with Gasteiger partial charge in [-0.3, -0.25) is 14.2 Å². The van der Waals surface area contributed by atoms with Crippen LogP contribution in [-0.4, -0.2) is 28.2 Å². The summed E-state index contributed by atoms with van der Waals surface area (Å²) in [5.74, 6) is -1.09. The molecule has 2 heterocycles. The second-order valence-electron chi connectivity index (χ2n) is 5.19. The number of anilines is 1. The van der Waals surface area contributed by atoms with E-state index < -0.39 is 17.8 Å².